The predicted octanol–water partition coefficient (Wildman–Crippen LogP) is 2.15. The Bertz CT molecular complexity index is 365. The van der Waals surface area contributed by atoms with Gasteiger partial charge in [0, 0.05) is 6.07 Å². The summed E-state index contributed by atoms with van der Waals surface area (Å²) in [6.45, 7) is 3.37. The third-order valence-electron chi connectivity index (χ3n) is 1.64. The molecule has 2 nitrogen and oxygen atoms in total. The van der Waals surface area contributed by atoms with Gasteiger partial charge in [-0.3, -0.25) is 0 Å². The summed E-state index contributed by atoms with van der Waals surface area (Å²) in [5, 5.41) is 0. The van der Waals surface area contributed by atoms with Gasteiger partial charge in [0.25, 0.3) is 0 Å². The number of methoxy groups -OCH3 is 1. The minimum atomic E-state index is -0.759. The fraction of sp³-hybridized carbons (Fsp3) is 0.100. The van der Waals surface area contributed by atoms with Gasteiger partial charge in [-0.05, 0) is 17.7 Å². The normalized spacial score (nSPS) is 9.64. The topological polar surface area (TPSA) is 26.3 Å². The highest BCUT2D eigenvalue weighted by molar-refractivity contribution is 6.15. The Kier molecular flexibility index (Phi) is 2.96. The minimum absolute atomic E-state index is 0.0779. The number of carbonyl (C=O) groups is 1. The summed E-state index contributed by atoms with van der Waals surface area (Å²) in [6.07, 6.45) is 0. The van der Waals surface area contributed by atoms with Crippen molar-refractivity contribution in [2.75, 3.05) is 7.11 Å². The van der Waals surface area contributed by atoms with Crippen LogP contribution in [0, 0.1) is 11.6 Å². The van der Waals surface area contributed by atoms with Crippen molar-refractivity contribution in [2.24, 2.45) is 0 Å². The molecule has 74 valence electrons. The minimum Gasteiger partial charge on any atom is -0.465 e. The van der Waals surface area contributed by atoms with Crippen molar-refractivity contribution in [2.45, 2.75) is 0 Å². The highest BCUT2D eigenvalue weighted by Crippen LogP contribution is 2.16. The van der Waals surface area contributed by atoms with Crippen LogP contribution >= 0.6 is 0 Å². The van der Waals surface area contributed by atoms with E-state index in [1.807, 2.05) is 0 Å². The Morgan fingerprint density at radius 2 is 1.79 bits per heavy atom. The van der Waals surface area contributed by atoms with Crippen LogP contribution in [-0.4, -0.2) is 13.1 Å². The van der Waals surface area contributed by atoms with E-state index in [0.717, 1.165) is 12.1 Å². The molecule has 0 aliphatic heterocycles. The largest absolute Gasteiger partial charge is 0.465 e. The van der Waals surface area contributed by atoms with Crippen molar-refractivity contribution in [1.29, 1.82) is 0 Å². The average molecular weight is 198 g/mol. The maximum atomic E-state index is 12.7. The molecule has 0 radical (unpaired) electrons. The van der Waals surface area contributed by atoms with Gasteiger partial charge in [0.2, 0.25) is 0 Å². The molecule has 0 aromatic heterocycles. The van der Waals surface area contributed by atoms with E-state index in [9.17, 15) is 13.6 Å². The number of benzene rings is 1. The Morgan fingerprint density at radius 3 is 2.21 bits per heavy atom. The number of hydrogen-bond donors (Lipinski definition) is 0. The molecular formula is C10H8F2O2. The average Bonchev–Trinajstić information content (AvgIpc) is 2.14. The lowest BCUT2D eigenvalue weighted by molar-refractivity contribution is -0.133. The van der Waals surface area contributed by atoms with Crippen LogP contribution in [0.4, 0.5) is 8.78 Å². The molecule has 0 spiro atoms. The Hall–Kier alpha value is -1.71. The molecule has 0 aliphatic rings. The van der Waals surface area contributed by atoms with Crippen LogP contribution in [0.5, 0.6) is 0 Å². The van der Waals surface area contributed by atoms with E-state index in [1.165, 1.54) is 7.11 Å². The number of hydrogen-bond acceptors (Lipinski definition) is 2. The van der Waals surface area contributed by atoms with Gasteiger partial charge in [-0.1, -0.05) is 6.58 Å². The van der Waals surface area contributed by atoms with Crippen molar-refractivity contribution >= 4 is 11.5 Å². The van der Waals surface area contributed by atoms with Crippen molar-refractivity contribution in [3.63, 3.8) is 0 Å². The van der Waals surface area contributed by atoms with Gasteiger partial charge in [-0.15, -0.1) is 0 Å². The molecule has 0 bridgehead atoms. The first kappa shape index (κ1) is 10.4. The zero-order valence-corrected chi connectivity index (χ0v) is 7.51. The van der Waals surface area contributed by atoms with Gasteiger partial charge in [-0.2, -0.15) is 0 Å². The fourth-order valence-electron chi connectivity index (χ4n) is 0.969. The standard InChI is InChI=1S/C10H8F2O2/c1-6(10(13)14-2)7-3-8(11)5-9(12)4-7/h3-5H,1H2,2H3. The molecule has 0 amide bonds. The first-order chi connectivity index (χ1) is 6.54. The molecule has 0 fully saturated rings. The summed E-state index contributed by atoms with van der Waals surface area (Å²) in [6, 6.07) is 2.75. The van der Waals surface area contributed by atoms with Gasteiger partial charge in [0.1, 0.15) is 11.6 Å². The van der Waals surface area contributed by atoms with E-state index in [2.05, 4.69) is 11.3 Å². The smallest absolute Gasteiger partial charge is 0.337 e. The van der Waals surface area contributed by atoms with E-state index in [4.69, 9.17) is 0 Å². The molecule has 0 atom stereocenters. The monoisotopic (exact) mass is 198 g/mol. The molecule has 0 saturated heterocycles. The molecule has 0 saturated carbocycles. The van der Waals surface area contributed by atoms with E-state index < -0.39 is 17.6 Å². The second kappa shape index (κ2) is 4.00. The SMILES string of the molecule is C=C(C(=O)OC)c1cc(F)cc(F)c1. The van der Waals surface area contributed by atoms with E-state index in [0.29, 0.717) is 6.07 Å². The lowest BCUT2D eigenvalue weighted by atomic mass is 10.1. The molecule has 14 heavy (non-hydrogen) atoms. The van der Waals surface area contributed by atoms with Crippen molar-refractivity contribution < 1.29 is 18.3 Å². The Morgan fingerprint density at radius 1 is 1.29 bits per heavy atom. The van der Waals surface area contributed by atoms with Gasteiger partial charge < -0.3 is 4.74 Å². The summed E-state index contributed by atoms with van der Waals surface area (Å²) < 4.78 is 29.8. The number of carbonyl (C=O) groups excluding carboxylic acids is 1. The van der Waals surface area contributed by atoms with Crippen LogP contribution in [0.1, 0.15) is 5.56 Å². The summed E-state index contributed by atoms with van der Waals surface area (Å²) in [7, 11) is 1.17. The zero-order chi connectivity index (χ0) is 10.7. The van der Waals surface area contributed by atoms with Crippen molar-refractivity contribution in [1.82, 2.24) is 0 Å². The fourth-order valence-corrected chi connectivity index (χ4v) is 0.969. The first-order valence-electron chi connectivity index (χ1n) is 3.78. The first-order valence-corrected chi connectivity index (χ1v) is 3.78. The Balaban J connectivity index is 3.07. The summed E-state index contributed by atoms with van der Waals surface area (Å²) in [5.74, 6) is -2.23. The predicted molar refractivity (Wildman–Crippen MR) is 47.4 cm³/mol. The highest BCUT2D eigenvalue weighted by atomic mass is 19.1. The molecule has 0 aliphatic carbocycles. The second-order valence-corrected chi connectivity index (χ2v) is 2.63. The van der Waals surface area contributed by atoms with Crippen LogP contribution < -0.4 is 0 Å². The van der Waals surface area contributed by atoms with Crippen LogP contribution in [0.3, 0.4) is 0 Å². The van der Waals surface area contributed by atoms with E-state index in [-0.39, 0.29) is 11.1 Å². The zero-order valence-electron chi connectivity index (χ0n) is 7.51. The van der Waals surface area contributed by atoms with Crippen molar-refractivity contribution in [3.05, 3.63) is 42.0 Å². The number of esters is 1. The lowest BCUT2D eigenvalue weighted by Gasteiger charge is -2.03. The quantitative estimate of drug-likeness (QED) is 0.537. The second-order valence-electron chi connectivity index (χ2n) is 2.63. The molecule has 4 heteroatoms. The number of ether oxygens (including phenoxy) is 1. The summed E-state index contributed by atoms with van der Waals surface area (Å²) in [5.41, 5.74) is 0.000231. The maximum absolute atomic E-state index is 12.7. The number of halogens is 2. The third-order valence-corrected chi connectivity index (χ3v) is 1.64. The number of rotatable bonds is 2. The van der Waals surface area contributed by atoms with E-state index in [1.54, 1.807) is 0 Å². The highest BCUT2D eigenvalue weighted by Gasteiger charge is 2.11. The van der Waals surface area contributed by atoms with Gasteiger partial charge in [0.15, 0.2) is 0 Å². The van der Waals surface area contributed by atoms with Gasteiger partial charge in [-0.25, -0.2) is 13.6 Å². The van der Waals surface area contributed by atoms with E-state index >= 15 is 0 Å². The van der Waals surface area contributed by atoms with Crippen LogP contribution in [0.15, 0.2) is 24.8 Å². The van der Waals surface area contributed by atoms with Gasteiger partial charge >= 0.3 is 5.97 Å². The molecule has 1 aromatic rings. The molecular weight excluding hydrogens is 190 g/mol. The van der Waals surface area contributed by atoms with Crippen molar-refractivity contribution in [3.8, 4) is 0 Å². The maximum Gasteiger partial charge on any atom is 0.337 e. The molecule has 0 N–H and O–H groups in total. The molecule has 0 unspecified atom stereocenters. The van der Waals surface area contributed by atoms with Gasteiger partial charge in [0.05, 0.1) is 12.7 Å². The molecule has 0 heterocycles. The van der Waals surface area contributed by atoms with Crippen LogP contribution in [0.25, 0.3) is 5.57 Å². The van der Waals surface area contributed by atoms with Crippen LogP contribution in [0.2, 0.25) is 0 Å². The Labute approximate surface area is 79.8 Å². The molecule has 1 aromatic carbocycles. The lowest BCUT2D eigenvalue weighted by Crippen LogP contribution is -2.03. The van der Waals surface area contributed by atoms with Crippen LogP contribution in [-0.2, 0) is 9.53 Å². The third kappa shape index (κ3) is 2.16. The summed E-state index contributed by atoms with van der Waals surface area (Å²) in [4.78, 5) is 11.0. The summed E-state index contributed by atoms with van der Waals surface area (Å²) >= 11 is 0. The molecule has 1 rings (SSSR count).